The molecule has 0 bridgehead atoms. The molecule has 36 heavy (non-hydrogen) atoms. The average Bonchev–Trinajstić information content (AvgIpc) is 3.27. The summed E-state index contributed by atoms with van der Waals surface area (Å²) < 4.78 is 22.2. The lowest BCUT2D eigenvalue weighted by Gasteiger charge is -2.19. The van der Waals surface area contributed by atoms with Crippen LogP contribution in [0, 0.1) is 5.82 Å². The number of ketones is 1. The number of rotatable bonds is 7. The third-order valence-corrected chi connectivity index (χ3v) is 6.17. The number of fused-ring (bicyclic) bond motifs is 1. The number of nitrogens with one attached hydrogen (secondary N) is 1. The summed E-state index contributed by atoms with van der Waals surface area (Å²) in [5.41, 5.74) is 1.98. The van der Waals surface area contributed by atoms with E-state index in [0.29, 0.717) is 16.5 Å². The van der Waals surface area contributed by atoms with Gasteiger partial charge in [-0.05, 0) is 40.6 Å². The first-order valence-corrected chi connectivity index (χ1v) is 11.6. The third-order valence-electron chi connectivity index (χ3n) is 6.17. The van der Waals surface area contributed by atoms with Gasteiger partial charge < -0.3 is 14.3 Å². The van der Waals surface area contributed by atoms with E-state index in [1.165, 1.54) is 28.8 Å². The van der Waals surface area contributed by atoms with E-state index in [1.54, 1.807) is 38.4 Å². The number of aryl methyl sites for hydroxylation is 1. The minimum Gasteiger partial charge on any atom is -0.454 e. The minimum absolute atomic E-state index is 0.00405. The van der Waals surface area contributed by atoms with E-state index in [1.807, 2.05) is 13.8 Å². The van der Waals surface area contributed by atoms with Crippen LogP contribution in [-0.4, -0.2) is 32.8 Å². The first kappa shape index (κ1) is 25.3. The molecule has 4 rings (SSSR count). The Morgan fingerprint density at radius 2 is 1.81 bits per heavy atom. The highest BCUT2D eigenvalue weighted by Crippen LogP contribution is 2.40. The SMILES string of the molecule is CCC(=O)c1cc2c(-c3cc([N+](C)(O)O)ccc3Oc3ccc(C(C)C)cc3F)cn(C)c(=O)c2[nH]1. The number of carbonyl (C=O) groups excluding carboxylic acids is 1. The van der Waals surface area contributed by atoms with Crippen LogP contribution in [0.4, 0.5) is 10.1 Å². The highest BCUT2D eigenvalue weighted by molar-refractivity contribution is 6.04. The van der Waals surface area contributed by atoms with Crippen LogP contribution in [-0.2, 0) is 7.05 Å². The molecule has 4 aromatic rings. The summed E-state index contributed by atoms with van der Waals surface area (Å²) >= 11 is 0. The molecule has 0 saturated heterocycles. The zero-order valence-electron chi connectivity index (χ0n) is 20.8. The quantitative estimate of drug-likeness (QED) is 0.169. The Bertz CT molecular complexity index is 1530. The Kier molecular flexibility index (Phi) is 6.57. The second-order valence-electron chi connectivity index (χ2n) is 9.25. The Balaban J connectivity index is 1.96. The molecule has 0 atom stereocenters. The molecule has 2 aromatic heterocycles. The highest BCUT2D eigenvalue weighted by atomic mass is 19.1. The molecule has 8 nitrogen and oxygen atoms in total. The number of carbonyl (C=O) groups is 1. The molecule has 0 unspecified atom stereocenters. The average molecular weight is 495 g/mol. The Morgan fingerprint density at radius 3 is 2.42 bits per heavy atom. The molecule has 0 amide bonds. The van der Waals surface area contributed by atoms with Gasteiger partial charge in [-0.25, -0.2) is 4.39 Å². The van der Waals surface area contributed by atoms with E-state index in [0.717, 1.165) is 12.6 Å². The van der Waals surface area contributed by atoms with E-state index in [9.17, 15) is 24.4 Å². The molecule has 0 aliphatic carbocycles. The van der Waals surface area contributed by atoms with Gasteiger partial charge in [0.25, 0.3) is 5.56 Å². The number of hydrogen-bond acceptors (Lipinski definition) is 5. The normalized spacial score (nSPS) is 11.9. The molecular formula is C27H29FN3O5+. The number of H-pyrrole nitrogens is 1. The van der Waals surface area contributed by atoms with Gasteiger partial charge in [-0.1, -0.05) is 26.8 Å². The molecule has 0 spiro atoms. The molecule has 0 radical (unpaired) electrons. The van der Waals surface area contributed by atoms with Crippen LogP contribution in [0.15, 0.2) is 53.5 Å². The lowest BCUT2D eigenvalue weighted by Crippen LogP contribution is -2.36. The molecule has 0 aliphatic heterocycles. The standard InChI is InChI=1S/C27H28FN3O5/c1-6-23(32)22-13-19-20(14-30(4)27(33)26(19)29-22)18-12-17(31(5,34)35)8-10-24(18)36-25-9-7-16(15(2)3)11-21(25)28/h7-15,34-35H,6H2,1-5H3/p+1. The van der Waals surface area contributed by atoms with Gasteiger partial charge in [0, 0.05) is 48.3 Å². The van der Waals surface area contributed by atoms with Crippen molar-refractivity contribution >= 4 is 22.4 Å². The van der Waals surface area contributed by atoms with Gasteiger partial charge in [0.1, 0.15) is 18.3 Å². The predicted octanol–water partition coefficient (Wildman–Crippen LogP) is 5.90. The van der Waals surface area contributed by atoms with Crippen molar-refractivity contribution in [2.75, 3.05) is 7.05 Å². The zero-order chi connectivity index (χ0) is 26.4. The van der Waals surface area contributed by atoms with E-state index in [4.69, 9.17) is 4.74 Å². The van der Waals surface area contributed by atoms with Crippen molar-refractivity contribution in [3.8, 4) is 22.6 Å². The molecular weight excluding hydrogens is 465 g/mol. The summed E-state index contributed by atoms with van der Waals surface area (Å²) in [6, 6.07) is 10.8. The molecule has 0 saturated carbocycles. The monoisotopic (exact) mass is 494 g/mol. The molecule has 9 heteroatoms. The molecule has 0 fully saturated rings. The second-order valence-corrected chi connectivity index (χ2v) is 9.25. The predicted molar refractivity (Wildman–Crippen MR) is 135 cm³/mol. The van der Waals surface area contributed by atoms with Gasteiger partial charge in [-0.15, -0.1) is 0 Å². The number of nitrogens with zero attached hydrogens (tertiary/aromatic N) is 2. The van der Waals surface area contributed by atoms with Crippen LogP contribution in [0.1, 0.15) is 49.2 Å². The first-order valence-electron chi connectivity index (χ1n) is 11.6. The number of halogens is 1. The number of aromatic nitrogens is 2. The number of hydroxylamine groups is 2. The van der Waals surface area contributed by atoms with Crippen molar-refractivity contribution in [2.45, 2.75) is 33.1 Å². The maximum atomic E-state index is 14.9. The fourth-order valence-electron chi connectivity index (χ4n) is 4.05. The number of hydrogen-bond donors (Lipinski definition) is 3. The zero-order valence-corrected chi connectivity index (χ0v) is 20.8. The van der Waals surface area contributed by atoms with Gasteiger partial charge in [0.05, 0.1) is 5.69 Å². The van der Waals surface area contributed by atoms with E-state index >= 15 is 0 Å². The molecule has 2 heterocycles. The molecule has 3 N–H and O–H groups in total. The lowest BCUT2D eigenvalue weighted by atomic mass is 10.0. The van der Waals surface area contributed by atoms with Crippen molar-refractivity contribution in [3.63, 3.8) is 0 Å². The number of benzene rings is 2. The van der Waals surface area contributed by atoms with Crippen LogP contribution >= 0.6 is 0 Å². The number of aromatic amines is 1. The fraction of sp³-hybridized carbons (Fsp3) is 0.259. The summed E-state index contributed by atoms with van der Waals surface area (Å²) in [5, 5.41) is 20.8. The Morgan fingerprint density at radius 1 is 1.11 bits per heavy atom. The van der Waals surface area contributed by atoms with Crippen molar-refractivity contribution in [1.29, 1.82) is 0 Å². The van der Waals surface area contributed by atoms with Crippen LogP contribution < -0.4 is 15.1 Å². The van der Waals surface area contributed by atoms with Crippen LogP contribution in [0.25, 0.3) is 22.0 Å². The molecule has 188 valence electrons. The third kappa shape index (κ3) is 4.68. The van der Waals surface area contributed by atoms with Crippen LogP contribution in [0.2, 0.25) is 0 Å². The van der Waals surface area contributed by atoms with Gasteiger partial charge in [0.15, 0.2) is 23.0 Å². The lowest BCUT2D eigenvalue weighted by molar-refractivity contribution is -0.272. The summed E-state index contributed by atoms with van der Waals surface area (Å²) in [6.45, 7) is 5.65. The van der Waals surface area contributed by atoms with Gasteiger partial charge in [0.2, 0.25) is 0 Å². The van der Waals surface area contributed by atoms with E-state index in [2.05, 4.69) is 4.98 Å². The van der Waals surface area contributed by atoms with E-state index < -0.39 is 10.6 Å². The van der Waals surface area contributed by atoms with Gasteiger partial charge >= 0.3 is 0 Å². The number of quaternary nitrogens is 1. The van der Waals surface area contributed by atoms with Crippen molar-refractivity contribution in [2.24, 2.45) is 7.05 Å². The van der Waals surface area contributed by atoms with Crippen LogP contribution in [0.3, 0.4) is 0 Å². The summed E-state index contributed by atoms with van der Waals surface area (Å²) in [6.07, 6.45) is 1.82. The smallest absolute Gasteiger partial charge is 0.274 e. The Labute approximate surface area is 207 Å². The van der Waals surface area contributed by atoms with Gasteiger partial charge in [-0.3, -0.25) is 9.59 Å². The maximum Gasteiger partial charge on any atom is 0.274 e. The highest BCUT2D eigenvalue weighted by Gasteiger charge is 2.25. The van der Waals surface area contributed by atoms with Crippen molar-refractivity contribution in [3.05, 3.63) is 76.1 Å². The van der Waals surface area contributed by atoms with Crippen molar-refractivity contribution in [1.82, 2.24) is 14.4 Å². The maximum absolute atomic E-state index is 14.9. The number of pyridine rings is 1. The summed E-state index contributed by atoms with van der Waals surface area (Å²) in [4.78, 5) is 26.7. The molecule has 2 aromatic carbocycles. The largest absolute Gasteiger partial charge is 0.454 e. The molecule has 0 aliphatic rings. The summed E-state index contributed by atoms with van der Waals surface area (Å²) in [5.74, 6) is -0.333. The van der Waals surface area contributed by atoms with Crippen molar-refractivity contribution < 1.29 is 24.3 Å². The number of ether oxygens (including phenoxy) is 1. The van der Waals surface area contributed by atoms with Crippen LogP contribution in [0.5, 0.6) is 11.5 Å². The Hall–Kier alpha value is -3.79. The fourth-order valence-corrected chi connectivity index (χ4v) is 4.05. The van der Waals surface area contributed by atoms with Gasteiger partial charge in [-0.2, -0.15) is 10.4 Å². The second kappa shape index (κ2) is 9.34. The number of Topliss-reactive ketones (excluding diaryl/α,β-unsaturated/α-hetero) is 1. The topological polar surface area (TPSA) is 105 Å². The minimum atomic E-state index is -1.45. The van der Waals surface area contributed by atoms with E-state index in [-0.39, 0.29) is 52.1 Å². The summed E-state index contributed by atoms with van der Waals surface area (Å²) in [7, 11) is 2.73. The first-order chi connectivity index (χ1) is 16.9.